The van der Waals surface area contributed by atoms with Gasteiger partial charge in [0.15, 0.2) is 5.84 Å². The smallest absolute Gasteiger partial charge is 0.285 e. The van der Waals surface area contributed by atoms with Gasteiger partial charge in [-0.15, -0.1) is 4.40 Å². The summed E-state index contributed by atoms with van der Waals surface area (Å²) >= 11 is 0. The van der Waals surface area contributed by atoms with Gasteiger partial charge in [-0.05, 0) is 30.5 Å². The molecular formula is C23H24N6O3S. The molecule has 1 fully saturated rings. The number of carbonyl (C=O) groups excluding carboxylic acids is 1. The first kappa shape index (κ1) is 21.3. The van der Waals surface area contributed by atoms with E-state index in [1.165, 1.54) is 6.33 Å². The number of piperidine rings is 1. The Bertz CT molecular complexity index is 1270. The van der Waals surface area contributed by atoms with Crippen LogP contribution in [0.15, 0.2) is 76.5 Å². The van der Waals surface area contributed by atoms with Crippen molar-refractivity contribution in [2.75, 3.05) is 13.1 Å². The molecule has 9 nitrogen and oxygen atoms in total. The molecule has 170 valence electrons. The molecule has 1 N–H and O–H groups in total. The van der Waals surface area contributed by atoms with Crippen LogP contribution in [0.3, 0.4) is 0 Å². The van der Waals surface area contributed by atoms with E-state index < -0.39 is 10.0 Å². The van der Waals surface area contributed by atoms with Crippen molar-refractivity contribution >= 4 is 21.8 Å². The van der Waals surface area contributed by atoms with E-state index in [1.807, 2.05) is 35.2 Å². The van der Waals surface area contributed by atoms with E-state index in [1.54, 1.807) is 35.3 Å². The summed E-state index contributed by atoms with van der Waals surface area (Å²) in [5, 5.41) is 7.35. The van der Waals surface area contributed by atoms with Crippen LogP contribution >= 0.6 is 0 Å². The molecule has 0 radical (unpaired) electrons. The molecule has 3 aromatic rings. The molecule has 5 rings (SSSR count). The fraction of sp³-hybridized carbons (Fsp3) is 0.304. The summed E-state index contributed by atoms with van der Waals surface area (Å²) in [6.45, 7) is 1.54. The fourth-order valence-corrected chi connectivity index (χ4v) is 5.65. The summed E-state index contributed by atoms with van der Waals surface area (Å²) in [7, 11) is -3.70. The Morgan fingerprint density at radius 1 is 1.12 bits per heavy atom. The first-order chi connectivity index (χ1) is 16.0. The summed E-state index contributed by atoms with van der Waals surface area (Å²) < 4.78 is 30.7. The molecular weight excluding hydrogens is 440 g/mol. The Morgan fingerprint density at radius 2 is 1.91 bits per heavy atom. The van der Waals surface area contributed by atoms with Gasteiger partial charge in [-0.3, -0.25) is 9.48 Å². The van der Waals surface area contributed by atoms with Gasteiger partial charge in [0.1, 0.15) is 17.6 Å². The second-order valence-corrected chi connectivity index (χ2v) is 9.83. The van der Waals surface area contributed by atoms with E-state index in [-0.39, 0.29) is 22.8 Å². The Hall–Kier alpha value is -3.53. The summed E-state index contributed by atoms with van der Waals surface area (Å²) in [5.41, 5.74) is 1.58. The van der Waals surface area contributed by atoms with Crippen molar-refractivity contribution in [1.82, 2.24) is 25.0 Å². The first-order valence-corrected chi connectivity index (χ1v) is 12.3. The number of amides is 1. The van der Waals surface area contributed by atoms with Crippen molar-refractivity contribution in [2.45, 2.75) is 30.3 Å². The monoisotopic (exact) mass is 464 g/mol. The van der Waals surface area contributed by atoms with Crippen LogP contribution in [0.1, 0.15) is 30.0 Å². The van der Waals surface area contributed by atoms with Gasteiger partial charge >= 0.3 is 0 Å². The van der Waals surface area contributed by atoms with Crippen LogP contribution in [0.25, 0.3) is 0 Å². The number of fused-ring (bicyclic) bond motifs is 1. The lowest BCUT2D eigenvalue weighted by Gasteiger charge is -2.34. The molecule has 0 saturated carbocycles. The second-order valence-electron chi connectivity index (χ2n) is 8.26. The molecule has 2 atom stereocenters. The van der Waals surface area contributed by atoms with Crippen molar-refractivity contribution in [3.05, 3.63) is 78.4 Å². The molecule has 0 bridgehead atoms. The normalized spacial score (nSPS) is 20.1. The molecule has 1 saturated heterocycles. The molecule has 2 unspecified atom stereocenters. The maximum atomic E-state index is 13.3. The van der Waals surface area contributed by atoms with Crippen LogP contribution in [0.2, 0.25) is 0 Å². The van der Waals surface area contributed by atoms with Crippen molar-refractivity contribution in [1.29, 1.82) is 0 Å². The molecule has 0 aliphatic carbocycles. The largest absolute Gasteiger partial charge is 0.355 e. The molecule has 3 heterocycles. The quantitative estimate of drug-likeness (QED) is 0.619. The third-order valence-corrected chi connectivity index (χ3v) is 7.38. The second kappa shape index (κ2) is 8.78. The molecule has 2 aliphatic rings. The topological polar surface area (TPSA) is 110 Å². The Kier molecular flexibility index (Phi) is 5.67. The third-order valence-electron chi connectivity index (χ3n) is 6.06. The van der Waals surface area contributed by atoms with Gasteiger partial charge in [0, 0.05) is 18.7 Å². The number of carbonyl (C=O) groups is 1. The number of likely N-dealkylation sites (tertiary alicyclic amines) is 1. The number of sulfonamides is 1. The number of amidine groups is 1. The maximum Gasteiger partial charge on any atom is 0.285 e. The highest BCUT2D eigenvalue weighted by Crippen LogP contribution is 2.30. The summed E-state index contributed by atoms with van der Waals surface area (Å²) in [6, 6.07) is 16.3. The van der Waals surface area contributed by atoms with E-state index in [0.29, 0.717) is 31.0 Å². The average molecular weight is 465 g/mol. The van der Waals surface area contributed by atoms with E-state index in [9.17, 15) is 13.2 Å². The predicted molar refractivity (Wildman–Crippen MR) is 122 cm³/mol. The van der Waals surface area contributed by atoms with Gasteiger partial charge in [0.25, 0.3) is 10.0 Å². The predicted octanol–water partition coefficient (Wildman–Crippen LogP) is 2.00. The molecule has 1 aromatic heterocycles. The zero-order valence-corrected chi connectivity index (χ0v) is 18.7. The molecule has 33 heavy (non-hydrogen) atoms. The van der Waals surface area contributed by atoms with Crippen LogP contribution in [-0.2, 0) is 21.4 Å². The van der Waals surface area contributed by atoms with Gasteiger partial charge in [0.2, 0.25) is 5.91 Å². The zero-order chi connectivity index (χ0) is 22.8. The first-order valence-electron chi connectivity index (χ1n) is 10.9. The number of nitrogens with one attached hydrogen (secondary N) is 1. The van der Waals surface area contributed by atoms with Gasteiger partial charge in [-0.25, -0.2) is 4.98 Å². The highest BCUT2D eigenvalue weighted by Gasteiger charge is 2.35. The fourth-order valence-electron chi connectivity index (χ4n) is 4.42. The number of hydrogen-bond acceptors (Lipinski definition) is 6. The molecule has 1 amide bonds. The van der Waals surface area contributed by atoms with Gasteiger partial charge in [-0.1, -0.05) is 42.5 Å². The highest BCUT2D eigenvalue weighted by molar-refractivity contribution is 7.90. The summed E-state index contributed by atoms with van der Waals surface area (Å²) in [4.78, 5) is 19.4. The van der Waals surface area contributed by atoms with Crippen LogP contribution in [0.4, 0.5) is 0 Å². The Balaban J connectivity index is 1.33. The number of nitrogens with zero attached hydrogens (tertiary/aromatic N) is 5. The molecule has 2 aromatic carbocycles. The van der Waals surface area contributed by atoms with E-state index in [4.69, 9.17) is 0 Å². The lowest BCUT2D eigenvalue weighted by Crippen LogP contribution is -2.46. The maximum absolute atomic E-state index is 13.3. The van der Waals surface area contributed by atoms with Crippen molar-refractivity contribution in [2.24, 2.45) is 10.3 Å². The number of benzene rings is 2. The van der Waals surface area contributed by atoms with Crippen molar-refractivity contribution in [3.8, 4) is 0 Å². The standard InChI is InChI=1S/C23H24N6O3S/c30-23(26-20(14-29-16-24-15-25-29)17-7-2-1-3-8-17)18-9-6-12-28(13-18)22-19-10-4-5-11-21(19)33(31,32)27-22/h1-5,7-8,10-11,15-16,18,20H,6,9,12-14H2,(H,26,30). The average Bonchev–Trinajstić information content (AvgIpc) is 3.45. The van der Waals surface area contributed by atoms with Crippen LogP contribution < -0.4 is 5.32 Å². The SMILES string of the molecule is O=C(NC(Cn1cncn1)c1ccccc1)C1CCCN(C2=NS(=O)(=O)c3ccccc32)C1. The minimum absolute atomic E-state index is 0.0663. The van der Waals surface area contributed by atoms with Gasteiger partial charge < -0.3 is 10.2 Å². The number of hydrogen-bond donors (Lipinski definition) is 1. The Labute approximate surface area is 192 Å². The molecule has 10 heteroatoms. The van der Waals surface area contributed by atoms with Crippen LogP contribution in [0.5, 0.6) is 0 Å². The number of aromatic nitrogens is 3. The third kappa shape index (κ3) is 4.38. The van der Waals surface area contributed by atoms with Gasteiger partial charge in [-0.2, -0.15) is 13.5 Å². The number of rotatable bonds is 5. The minimum atomic E-state index is -3.70. The lowest BCUT2D eigenvalue weighted by molar-refractivity contribution is -0.127. The summed E-state index contributed by atoms with van der Waals surface area (Å²) in [5.74, 6) is 0.0904. The summed E-state index contributed by atoms with van der Waals surface area (Å²) in [6.07, 6.45) is 4.60. The highest BCUT2D eigenvalue weighted by atomic mass is 32.2. The molecule has 0 spiro atoms. The van der Waals surface area contributed by atoms with Crippen molar-refractivity contribution < 1.29 is 13.2 Å². The van der Waals surface area contributed by atoms with Crippen LogP contribution in [-0.4, -0.2) is 52.9 Å². The van der Waals surface area contributed by atoms with E-state index >= 15 is 0 Å². The zero-order valence-electron chi connectivity index (χ0n) is 17.9. The van der Waals surface area contributed by atoms with Crippen molar-refractivity contribution in [3.63, 3.8) is 0 Å². The van der Waals surface area contributed by atoms with Gasteiger partial charge in [0.05, 0.1) is 18.5 Å². The van der Waals surface area contributed by atoms with E-state index in [2.05, 4.69) is 19.8 Å². The Morgan fingerprint density at radius 3 is 2.70 bits per heavy atom. The minimum Gasteiger partial charge on any atom is -0.355 e. The van der Waals surface area contributed by atoms with E-state index in [0.717, 1.165) is 18.4 Å². The lowest BCUT2D eigenvalue weighted by atomic mass is 9.95. The molecule has 2 aliphatic heterocycles. The van der Waals surface area contributed by atoms with Crippen LogP contribution in [0, 0.1) is 5.92 Å².